The van der Waals surface area contributed by atoms with Crippen LogP contribution in [-0.2, 0) is 10.3 Å². The van der Waals surface area contributed by atoms with Gasteiger partial charge in [0.25, 0.3) is 0 Å². The fraction of sp³-hybridized carbons (Fsp3) is 0.400. The third-order valence-electron chi connectivity index (χ3n) is 3.42. The molecule has 0 saturated heterocycles. The van der Waals surface area contributed by atoms with Crippen LogP contribution in [0.5, 0.6) is 5.75 Å². The molecule has 1 aliphatic rings. The molecule has 1 aromatic carbocycles. The molecule has 2 rings (SSSR count). The molecular formula is C15H19NO2. The first-order valence-electron chi connectivity index (χ1n) is 6.33. The van der Waals surface area contributed by atoms with E-state index in [-0.39, 0.29) is 5.78 Å². The molecule has 1 aromatic rings. The lowest BCUT2D eigenvalue weighted by atomic mass is 9.78. The summed E-state index contributed by atoms with van der Waals surface area (Å²) in [7, 11) is 1.64. The number of benzene rings is 1. The van der Waals surface area contributed by atoms with Crippen molar-refractivity contribution in [1.29, 1.82) is 0 Å². The van der Waals surface area contributed by atoms with Crippen molar-refractivity contribution < 1.29 is 9.53 Å². The van der Waals surface area contributed by atoms with Gasteiger partial charge in [0.1, 0.15) is 11.3 Å². The maximum absolute atomic E-state index is 12.3. The molecule has 0 aromatic heterocycles. The van der Waals surface area contributed by atoms with Crippen molar-refractivity contribution in [2.45, 2.75) is 25.3 Å². The Balaban J connectivity index is 2.46. The lowest BCUT2D eigenvalue weighted by Gasteiger charge is -2.34. The molecule has 0 aliphatic heterocycles. The first-order valence-corrected chi connectivity index (χ1v) is 6.33. The highest BCUT2D eigenvalue weighted by atomic mass is 16.5. The summed E-state index contributed by atoms with van der Waals surface area (Å²) in [4.78, 5) is 12.3. The Kier molecular flexibility index (Phi) is 3.82. The quantitative estimate of drug-likeness (QED) is 0.885. The van der Waals surface area contributed by atoms with E-state index >= 15 is 0 Å². The van der Waals surface area contributed by atoms with Crippen LogP contribution in [0.25, 0.3) is 0 Å². The number of likely N-dealkylation sites (N-methyl/N-ethyl adjacent to an activating group) is 1. The van der Waals surface area contributed by atoms with E-state index in [0.29, 0.717) is 0 Å². The third kappa shape index (κ3) is 2.18. The van der Waals surface area contributed by atoms with Gasteiger partial charge in [-0.25, -0.2) is 0 Å². The number of hydrogen-bond acceptors (Lipinski definition) is 3. The van der Waals surface area contributed by atoms with Gasteiger partial charge < -0.3 is 10.1 Å². The van der Waals surface area contributed by atoms with Crippen LogP contribution < -0.4 is 10.1 Å². The van der Waals surface area contributed by atoms with E-state index in [9.17, 15) is 4.79 Å². The summed E-state index contributed by atoms with van der Waals surface area (Å²) < 4.78 is 5.25. The van der Waals surface area contributed by atoms with Gasteiger partial charge >= 0.3 is 0 Å². The predicted molar refractivity (Wildman–Crippen MR) is 71.7 cm³/mol. The molecule has 1 unspecified atom stereocenters. The molecule has 1 N–H and O–H groups in total. The Morgan fingerprint density at radius 3 is 2.94 bits per heavy atom. The molecule has 0 spiro atoms. The van der Waals surface area contributed by atoms with Crippen LogP contribution in [0, 0.1) is 0 Å². The number of carbonyl (C=O) groups is 1. The van der Waals surface area contributed by atoms with Crippen LogP contribution in [0.1, 0.15) is 25.3 Å². The summed E-state index contributed by atoms with van der Waals surface area (Å²) >= 11 is 0. The van der Waals surface area contributed by atoms with Crippen molar-refractivity contribution in [3.63, 3.8) is 0 Å². The zero-order valence-corrected chi connectivity index (χ0v) is 10.9. The van der Waals surface area contributed by atoms with Gasteiger partial charge in [-0.15, -0.1) is 0 Å². The zero-order chi connectivity index (χ0) is 13.0. The van der Waals surface area contributed by atoms with Crippen LogP contribution in [0.4, 0.5) is 0 Å². The monoisotopic (exact) mass is 245 g/mol. The highest BCUT2D eigenvalue weighted by Crippen LogP contribution is 2.33. The molecule has 0 bridgehead atoms. The summed E-state index contributed by atoms with van der Waals surface area (Å²) in [6.07, 6.45) is 5.34. The SMILES string of the molecule is CCNC1(c2cccc(OC)c2)CCC=CC1=O. The summed E-state index contributed by atoms with van der Waals surface area (Å²) in [5.74, 6) is 0.913. The number of ether oxygens (including phenoxy) is 1. The lowest BCUT2D eigenvalue weighted by molar-refractivity contribution is -0.121. The molecule has 0 saturated carbocycles. The number of allylic oxidation sites excluding steroid dienone is 1. The fourth-order valence-corrected chi connectivity index (χ4v) is 2.51. The zero-order valence-electron chi connectivity index (χ0n) is 10.9. The van der Waals surface area contributed by atoms with E-state index in [1.807, 2.05) is 37.3 Å². The van der Waals surface area contributed by atoms with E-state index < -0.39 is 5.54 Å². The van der Waals surface area contributed by atoms with E-state index in [1.54, 1.807) is 13.2 Å². The molecule has 0 fully saturated rings. The topological polar surface area (TPSA) is 38.3 Å². The first kappa shape index (κ1) is 12.8. The summed E-state index contributed by atoms with van der Waals surface area (Å²) in [6, 6.07) is 7.76. The number of rotatable bonds is 4. The minimum absolute atomic E-state index is 0.129. The van der Waals surface area contributed by atoms with Gasteiger partial charge in [0.2, 0.25) is 0 Å². The van der Waals surface area contributed by atoms with Crippen molar-refractivity contribution in [3.05, 3.63) is 42.0 Å². The van der Waals surface area contributed by atoms with Gasteiger partial charge in [-0.1, -0.05) is 25.1 Å². The summed E-state index contributed by atoms with van der Waals surface area (Å²) in [5, 5.41) is 3.36. The molecule has 18 heavy (non-hydrogen) atoms. The van der Waals surface area contributed by atoms with Crippen LogP contribution in [-0.4, -0.2) is 19.4 Å². The molecule has 3 nitrogen and oxygen atoms in total. The maximum atomic E-state index is 12.3. The molecular weight excluding hydrogens is 226 g/mol. The summed E-state index contributed by atoms with van der Waals surface area (Å²) in [5.41, 5.74) is 0.399. The van der Waals surface area contributed by atoms with Crippen molar-refractivity contribution in [1.82, 2.24) is 5.32 Å². The van der Waals surface area contributed by atoms with Crippen molar-refractivity contribution >= 4 is 5.78 Å². The Bertz CT molecular complexity index is 467. The molecule has 96 valence electrons. The average Bonchev–Trinajstić information content (AvgIpc) is 2.42. The normalized spacial score (nSPS) is 23.1. The molecule has 0 radical (unpaired) electrons. The number of hydrogen-bond donors (Lipinski definition) is 1. The minimum atomic E-state index is -0.585. The molecule has 1 aliphatic carbocycles. The third-order valence-corrected chi connectivity index (χ3v) is 3.42. The maximum Gasteiger partial charge on any atom is 0.179 e. The average molecular weight is 245 g/mol. The van der Waals surface area contributed by atoms with Gasteiger partial charge in [0.15, 0.2) is 5.78 Å². The van der Waals surface area contributed by atoms with Gasteiger partial charge in [0.05, 0.1) is 7.11 Å². The minimum Gasteiger partial charge on any atom is -0.497 e. The number of nitrogens with one attached hydrogen (secondary N) is 1. The number of ketones is 1. The van der Waals surface area contributed by atoms with Gasteiger partial charge in [-0.2, -0.15) is 0 Å². The van der Waals surface area contributed by atoms with Gasteiger partial charge in [-0.3, -0.25) is 4.79 Å². The van der Waals surface area contributed by atoms with Crippen LogP contribution in [0.2, 0.25) is 0 Å². The Hall–Kier alpha value is -1.61. The lowest BCUT2D eigenvalue weighted by Crippen LogP contribution is -2.49. The Morgan fingerprint density at radius 2 is 2.28 bits per heavy atom. The highest BCUT2D eigenvalue weighted by Gasteiger charge is 2.38. The second-order valence-electron chi connectivity index (χ2n) is 4.47. The second-order valence-corrected chi connectivity index (χ2v) is 4.47. The van der Waals surface area contributed by atoms with Gasteiger partial charge in [0, 0.05) is 0 Å². The van der Waals surface area contributed by atoms with E-state index in [0.717, 1.165) is 30.7 Å². The van der Waals surface area contributed by atoms with Crippen molar-refractivity contribution in [2.75, 3.05) is 13.7 Å². The fourth-order valence-electron chi connectivity index (χ4n) is 2.51. The smallest absolute Gasteiger partial charge is 0.179 e. The molecule has 3 heteroatoms. The second kappa shape index (κ2) is 5.36. The number of methoxy groups -OCH3 is 1. The van der Waals surface area contributed by atoms with Crippen LogP contribution >= 0.6 is 0 Å². The van der Waals surface area contributed by atoms with Crippen LogP contribution in [0.15, 0.2) is 36.4 Å². The molecule has 0 amide bonds. The van der Waals surface area contributed by atoms with Crippen molar-refractivity contribution in [2.24, 2.45) is 0 Å². The Labute approximate surface area is 108 Å². The van der Waals surface area contributed by atoms with Crippen molar-refractivity contribution in [3.8, 4) is 5.75 Å². The van der Waals surface area contributed by atoms with Crippen LogP contribution in [0.3, 0.4) is 0 Å². The molecule has 0 heterocycles. The first-order chi connectivity index (χ1) is 8.73. The Morgan fingerprint density at radius 1 is 1.44 bits per heavy atom. The molecule has 1 atom stereocenters. The largest absolute Gasteiger partial charge is 0.497 e. The standard InChI is InChI=1S/C15H19NO2/c1-3-16-15(10-5-4-9-14(15)17)12-7-6-8-13(11-12)18-2/h4,6-9,11,16H,3,5,10H2,1-2H3. The van der Waals surface area contributed by atoms with Gasteiger partial charge in [-0.05, 0) is 43.2 Å². The summed E-state index contributed by atoms with van der Waals surface area (Å²) in [6.45, 7) is 2.78. The van der Waals surface area contributed by atoms with E-state index in [1.165, 1.54) is 0 Å². The number of carbonyl (C=O) groups excluding carboxylic acids is 1. The predicted octanol–water partition coefficient (Wildman–Crippen LogP) is 2.42. The highest BCUT2D eigenvalue weighted by molar-refractivity contribution is 5.99. The van der Waals surface area contributed by atoms with E-state index in [4.69, 9.17) is 4.74 Å². The van der Waals surface area contributed by atoms with E-state index in [2.05, 4.69) is 5.32 Å².